The Labute approximate surface area is 185 Å². The van der Waals surface area contributed by atoms with E-state index < -0.39 is 68.0 Å². The fourth-order valence-corrected chi connectivity index (χ4v) is 4.73. The van der Waals surface area contributed by atoms with E-state index >= 15 is 0 Å². The predicted molar refractivity (Wildman–Crippen MR) is 106 cm³/mol. The second-order valence-corrected chi connectivity index (χ2v) is 9.40. The van der Waals surface area contributed by atoms with Gasteiger partial charge in [-0.3, -0.25) is 4.79 Å². The first-order valence-corrected chi connectivity index (χ1v) is 10.9. The third kappa shape index (κ3) is 5.09. The van der Waals surface area contributed by atoms with Gasteiger partial charge in [0.1, 0.15) is 42.7 Å². The van der Waals surface area contributed by atoms with Crippen molar-refractivity contribution in [2.75, 3.05) is 26.3 Å². The fourth-order valence-electron chi connectivity index (χ4n) is 4.73. The van der Waals surface area contributed by atoms with E-state index in [0.29, 0.717) is 18.9 Å². The van der Waals surface area contributed by atoms with Crippen LogP contribution in [0.4, 0.5) is 0 Å². The van der Waals surface area contributed by atoms with Gasteiger partial charge in [0.25, 0.3) is 0 Å². The number of hydrogen-bond acceptors (Lipinski definition) is 11. The molecule has 32 heavy (non-hydrogen) atoms. The minimum atomic E-state index is -2.24. The van der Waals surface area contributed by atoms with Crippen molar-refractivity contribution in [2.45, 2.75) is 81.5 Å². The summed E-state index contributed by atoms with van der Waals surface area (Å²) in [5.74, 6) is -1.90. The van der Waals surface area contributed by atoms with E-state index in [1.165, 1.54) is 4.90 Å². The van der Waals surface area contributed by atoms with E-state index in [9.17, 15) is 40.5 Å². The Morgan fingerprint density at radius 3 is 2.34 bits per heavy atom. The van der Waals surface area contributed by atoms with Crippen molar-refractivity contribution in [1.29, 1.82) is 0 Å². The van der Waals surface area contributed by atoms with Crippen LogP contribution in [0.3, 0.4) is 0 Å². The SMILES string of the molecule is CC(C)C[C@@H]1CC(=O)N(CC2(O)OC(CO)C(OC3OC(CO)C(O)C(O)C3O)C2O)C1. The molecule has 0 aliphatic carbocycles. The molecule has 0 aromatic carbocycles. The van der Waals surface area contributed by atoms with E-state index in [1.807, 2.05) is 0 Å². The minimum Gasteiger partial charge on any atom is -0.394 e. The van der Waals surface area contributed by atoms with E-state index in [2.05, 4.69) is 13.8 Å². The van der Waals surface area contributed by atoms with Crippen molar-refractivity contribution in [3.8, 4) is 0 Å². The highest BCUT2D eigenvalue weighted by molar-refractivity contribution is 5.78. The topological polar surface area (TPSA) is 190 Å². The molecule has 3 aliphatic rings. The van der Waals surface area contributed by atoms with E-state index in [0.717, 1.165) is 6.42 Å². The molecule has 3 saturated heterocycles. The van der Waals surface area contributed by atoms with Gasteiger partial charge < -0.3 is 54.9 Å². The van der Waals surface area contributed by atoms with Crippen molar-refractivity contribution in [1.82, 2.24) is 4.90 Å². The molecule has 0 aromatic heterocycles. The van der Waals surface area contributed by atoms with Crippen LogP contribution >= 0.6 is 0 Å². The molecule has 7 N–H and O–H groups in total. The molecule has 3 aliphatic heterocycles. The maximum absolute atomic E-state index is 12.4. The Morgan fingerprint density at radius 1 is 1.09 bits per heavy atom. The number of hydrogen-bond donors (Lipinski definition) is 7. The Balaban J connectivity index is 1.69. The van der Waals surface area contributed by atoms with Gasteiger partial charge in [0.05, 0.1) is 19.8 Å². The number of nitrogens with zero attached hydrogens (tertiary/aromatic N) is 1. The number of amides is 1. The first-order chi connectivity index (χ1) is 15.0. The van der Waals surface area contributed by atoms with Crippen LogP contribution in [0.2, 0.25) is 0 Å². The first kappa shape index (κ1) is 25.7. The lowest BCUT2D eigenvalue weighted by atomic mass is 9.96. The van der Waals surface area contributed by atoms with E-state index in [4.69, 9.17) is 14.2 Å². The van der Waals surface area contributed by atoms with Crippen LogP contribution in [0.1, 0.15) is 26.7 Å². The summed E-state index contributed by atoms with van der Waals surface area (Å²) in [6.45, 7) is 2.83. The highest BCUT2D eigenvalue weighted by Crippen LogP contribution is 2.36. The van der Waals surface area contributed by atoms with Gasteiger partial charge in [0.2, 0.25) is 11.7 Å². The molecule has 3 heterocycles. The van der Waals surface area contributed by atoms with Crippen molar-refractivity contribution in [3.05, 3.63) is 0 Å². The summed E-state index contributed by atoms with van der Waals surface area (Å²) in [5, 5.41) is 70.8. The summed E-state index contributed by atoms with van der Waals surface area (Å²) in [6, 6.07) is 0. The van der Waals surface area contributed by atoms with Crippen molar-refractivity contribution in [3.63, 3.8) is 0 Å². The van der Waals surface area contributed by atoms with Crippen LogP contribution in [0.5, 0.6) is 0 Å². The van der Waals surface area contributed by atoms with Crippen LogP contribution in [0.15, 0.2) is 0 Å². The van der Waals surface area contributed by atoms with Crippen LogP contribution in [-0.4, -0.2) is 128 Å². The largest absolute Gasteiger partial charge is 0.394 e. The number of likely N-dealkylation sites (tertiary alicyclic amines) is 1. The second kappa shape index (κ2) is 10.1. The van der Waals surface area contributed by atoms with Gasteiger partial charge in [0, 0.05) is 13.0 Å². The molecule has 12 heteroatoms. The fraction of sp³-hybridized carbons (Fsp3) is 0.950. The monoisotopic (exact) mass is 465 g/mol. The summed E-state index contributed by atoms with van der Waals surface area (Å²) >= 11 is 0. The number of aliphatic hydroxyl groups is 7. The van der Waals surface area contributed by atoms with Crippen molar-refractivity contribution in [2.24, 2.45) is 11.8 Å². The maximum Gasteiger partial charge on any atom is 0.223 e. The third-order valence-corrected chi connectivity index (χ3v) is 6.33. The van der Waals surface area contributed by atoms with Gasteiger partial charge in [-0.15, -0.1) is 0 Å². The zero-order valence-electron chi connectivity index (χ0n) is 18.2. The summed E-state index contributed by atoms with van der Waals surface area (Å²) < 4.78 is 16.3. The first-order valence-electron chi connectivity index (χ1n) is 10.9. The molecule has 3 fully saturated rings. The molecule has 0 spiro atoms. The average molecular weight is 465 g/mol. The Hall–Kier alpha value is -0.930. The Morgan fingerprint density at radius 2 is 1.75 bits per heavy atom. The number of carbonyl (C=O) groups excluding carboxylic acids is 1. The molecule has 186 valence electrons. The van der Waals surface area contributed by atoms with E-state index in [-0.39, 0.29) is 18.4 Å². The molecular weight excluding hydrogens is 430 g/mol. The van der Waals surface area contributed by atoms with Crippen LogP contribution in [0, 0.1) is 11.8 Å². The zero-order chi connectivity index (χ0) is 23.8. The van der Waals surface area contributed by atoms with Crippen LogP contribution in [-0.2, 0) is 19.0 Å². The molecule has 9 unspecified atom stereocenters. The standard InChI is InChI=1S/C20H35NO11/c1-9(2)3-10-4-13(24)21(5-10)8-20(29)18(28)17(12(7-23)32-20)31-19-16(27)15(26)14(25)11(6-22)30-19/h9-12,14-19,22-23,25-29H,3-8H2,1-2H3/t10-,11?,12?,14?,15?,16?,17?,18?,19?,20?/m1/s1. The molecule has 0 aromatic rings. The normalized spacial score (nSPS) is 45.2. The van der Waals surface area contributed by atoms with Crippen molar-refractivity contribution >= 4 is 5.91 Å². The third-order valence-electron chi connectivity index (χ3n) is 6.33. The van der Waals surface area contributed by atoms with Gasteiger partial charge in [-0.25, -0.2) is 0 Å². The van der Waals surface area contributed by atoms with Gasteiger partial charge in [0.15, 0.2) is 6.29 Å². The molecule has 1 amide bonds. The summed E-state index contributed by atoms with van der Waals surface area (Å²) in [4.78, 5) is 13.8. The molecule has 0 radical (unpaired) electrons. The molecule has 0 bridgehead atoms. The lowest BCUT2D eigenvalue weighted by molar-refractivity contribution is -0.318. The van der Waals surface area contributed by atoms with E-state index in [1.54, 1.807) is 0 Å². The van der Waals surface area contributed by atoms with Gasteiger partial charge >= 0.3 is 0 Å². The quantitative estimate of drug-likeness (QED) is 0.188. The molecule has 0 saturated carbocycles. The number of aliphatic hydroxyl groups excluding tert-OH is 6. The molecule has 10 atom stereocenters. The number of carbonyl (C=O) groups is 1. The van der Waals surface area contributed by atoms with Crippen LogP contribution < -0.4 is 0 Å². The Kier molecular flexibility index (Phi) is 8.14. The number of ether oxygens (including phenoxy) is 3. The summed E-state index contributed by atoms with van der Waals surface area (Å²) in [6.07, 6.45) is -11.0. The second-order valence-electron chi connectivity index (χ2n) is 9.40. The average Bonchev–Trinajstić information content (AvgIpc) is 3.18. The zero-order valence-corrected chi connectivity index (χ0v) is 18.2. The molecule has 3 rings (SSSR count). The maximum atomic E-state index is 12.4. The smallest absolute Gasteiger partial charge is 0.223 e. The summed E-state index contributed by atoms with van der Waals surface area (Å²) in [5.41, 5.74) is 0. The molecular formula is C20H35NO11. The highest BCUT2D eigenvalue weighted by Gasteiger charge is 2.58. The molecule has 12 nitrogen and oxygen atoms in total. The van der Waals surface area contributed by atoms with Crippen LogP contribution in [0.25, 0.3) is 0 Å². The van der Waals surface area contributed by atoms with Crippen molar-refractivity contribution < 1.29 is 54.8 Å². The minimum absolute atomic E-state index is 0.124. The Bertz CT molecular complexity index is 649. The highest BCUT2D eigenvalue weighted by atomic mass is 16.7. The lowest BCUT2D eigenvalue weighted by Gasteiger charge is -2.41. The van der Waals surface area contributed by atoms with Gasteiger partial charge in [-0.05, 0) is 18.3 Å². The number of β-amino-alcohol motifs (C(OH)–C–C–N with tert-alkyl or cyclic N) is 1. The van der Waals surface area contributed by atoms with Gasteiger partial charge in [-0.2, -0.15) is 0 Å². The van der Waals surface area contributed by atoms with Gasteiger partial charge in [-0.1, -0.05) is 13.8 Å². The number of rotatable bonds is 8. The summed E-state index contributed by atoms with van der Waals surface area (Å²) in [7, 11) is 0. The predicted octanol–water partition coefficient (Wildman–Crippen LogP) is -3.49. The lowest BCUT2D eigenvalue weighted by Crippen LogP contribution is -2.61.